The third-order valence-electron chi connectivity index (χ3n) is 3.56. The molecule has 2 rings (SSSR count). The van der Waals surface area contributed by atoms with Crippen LogP contribution in [0.1, 0.15) is 23.7 Å². The van der Waals surface area contributed by atoms with Crippen LogP contribution in [0.5, 0.6) is 0 Å². The summed E-state index contributed by atoms with van der Waals surface area (Å²) in [4.78, 5) is 12.1. The Morgan fingerprint density at radius 3 is 2.48 bits per heavy atom. The summed E-state index contributed by atoms with van der Waals surface area (Å²) in [6, 6.07) is 9.40. The van der Waals surface area contributed by atoms with Gasteiger partial charge in [-0.3, -0.25) is 13.7 Å². The van der Waals surface area contributed by atoms with Gasteiger partial charge < -0.3 is 5.32 Å². The zero-order valence-corrected chi connectivity index (χ0v) is 16.3. The van der Waals surface area contributed by atoms with Gasteiger partial charge in [0.25, 0.3) is 15.9 Å². The fraction of sp³-hybridized carbons (Fsp3) is 0.312. The van der Waals surface area contributed by atoms with Gasteiger partial charge in [-0.2, -0.15) is 0 Å². The summed E-state index contributed by atoms with van der Waals surface area (Å²) in [7, 11) is -4.51. The first-order valence-electron chi connectivity index (χ1n) is 7.56. The van der Waals surface area contributed by atoms with Crippen LogP contribution in [0.4, 0.5) is 5.69 Å². The molecule has 2 aromatic rings. The van der Waals surface area contributed by atoms with E-state index >= 15 is 0 Å². The molecule has 136 valence electrons. The number of amides is 1. The Balaban J connectivity index is 1.93. The Labute approximate surface area is 154 Å². The summed E-state index contributed by atoms with van der Waals surface area (Å²) < 4.78 is 38.3. The van der Waals surface area contributed by atoms with Crippen molar-refractivity contribution in [3.63, 3.8) is 0 Å². The first-order valence-corrected chi connectivity index (χ1v) is 11.5. The molecule has 2 N–H and O–H groups in total. The van der Waals surface area contributed by atoms with Crippen LogP contribution in [0, 0.1) is 0 Å². The molecule has 0 bridgehead atoms. The standard InChI is InChI=1S/C16H20N2O4S3/c1-12(24(2)20)9-10-17-16(19)13-5-7-14(8-6-13)18-25(21,22)15-4-3-11-23-15/h3-8,11-12,18H,9-10H2,1-2H3,(H,17,19). The second-order valence-corrected chi connectivity index (χ2v) is 10.1. The number of hydrogen-bond acceptors (Lipinski definition) is 5. The van der Waals surface area contributed by atoms with Gasteiger partial charge in [-0.05, 0) is 42.1 Å². The SMILES string of the molecule is CC(CCNC(=O)c1ccc(NS(=O)(=O)c2cccs2)cc1)S(C)=O. The molecule has 1 aromatic carbocycles. The van der Waals surface area contributed by atoms with Crippen LogP contribution in [0.25, 0.3) is 0 Å². The number of sulfonamides is 1. The molecule has 25 heavy (non-hydrogen) atoms. The molecule has 0 aliphatic heterocycles. The van der Waals surface area contributed by atoms with Crippen molar-refractivity contribution in [2.24, 2.45) is 0 Å². The maximum atomic E-state index is 12.1. The number of carbonyl (C=O) groups is 1. The molecule has 0 spiro atoms. The van der Waals surface area contributed by atoms with Gasteiger partial charge in [0.2, 0.25) is 0 Å². The zero-order valence-electron chi connectivity index (χ0n) is 13.9. The van der Waals surface area contributed by atoms with Gasteiger partial charge in [0.05, 0.1) is 0 Å². The van der Waals surface area contributed by atoms with Crippen molar-refractivity contribution in [1.82, 2.24) is 5.32 Å². The Hall–Kier alpha value is -1.71. The van der Waals surface area contributed by atoms with Crippen molar-refractivity contribution in [3.8, 4) is 0 Å². The lowest BCUT2D eigenvalue weighted by Gasteiger charge is -2.10. The van der Waals surface area contributed by atoms with Gasteiger partial charge in [0.1, 0.15) is 4.21 Å². The number of benzene rings is 1. The molecule has 0 aliphatic rings. The van der Waals surface area contributed by atoms with E-state index in [1.165, 1.54) is 6.07 Å². The van der Waals surface area contributed by atoms with Gasteiger partial charge in [-0.15, -0.1) is 11.3 Å². The normalized spacial score (nSPS) is 13.8. The average molecular weight is 401 g/mol. The van der Waals surface area contributed by atoms with Crippen molar-refractivity contribution < 1.29 is 17.4 Å². The molecular weight excluding hydrogens is 380 g/mol. The minimum Gasteiger partial charge on any atom is -0.352 e. The number of carbonyl (C=O) groups excluding carboxylic acids is 1. The molecule has 2 atom stereocenters. The Morgan fingerprint density at radius 2 is 1.92 bits per heavy atom. The Kier molecular flexibility index (Phi) is 6.74. The number of hydrogen-bond donors (Lipinski definition) is 2. The van der Waals surface area contributed by atoms with E-state index in [0.29, 0.717) is 24.2 Å². The average Bonchev–Trinajstić information content (AvgIpc) is 3.10. The fourth-order valence-corrected chi connectivity index (χ4v) is 4.47. The molecule has 0 radical (unpaired) electrons. The van der Waals surface area contributed by atoms with Crippen molar-refractivity contribution >= 4 is 43.8 Å². The van der Waals surface area contributed by atoms with Gasteiger partial charge in [-0.1, -0.05) is 13.0 Å². The summed E-state index contributed by atoms with van der Waals surface area (Å²) >= 11 is 1.13. The highest BCUT2D eigenvalue weighted by atomic mass is 32.2. The van der Waals surface area contributed by atoms with Crippen LogP contribution in [-0.2, 0) is 20.8 Å². The van der Waals surface area contributed by atoms with Gasteiger partial charge in [0.15, 0.2) is 0 Å². The van der Waals surface area contributed by atoms with Crippen molar-refractivity contribution in [2.45, 2.75) is 22.8 Å². The second-order valence-electron chi connectivity index (χ2n) is 5.47. The number of anilines is 1. The van der Waals surface area contributed by atoms with Crippen LogP contribution < -0.4 is 10.0 Å². The van der Waals surface area contributed by atoms with Crippen LogP contribution in [0.3, 0.4) is 0 Å². The first-order chi connectivity index (χ1) is 11.8. The summed E-state index contributed by atoms with van der Waals surface area (Å²) in [6.45, 7) is 2.31. The first kappa shape index (κ1) is 19.6. The molecule has 0 fully saturated rings. The van der Waals surface area contributed by atoms with E-state index in [9.17, 15) is 17.4 Å². The van der Waals surface area contributed by atoms with E-state index in [1.54, 1.807) is 42.0 Å². The van der Waals surface area contributed by atoms with Gasteiger partial charge in [0, 0.05) is 40.1 Å². The lowest BCUT2D eigenvalue weighted by molar-refractivity contribution is 0.0953. The maximum Gasteiger partial charge on any atom is 0.271 e. The van der Waals surface area contributed by atoms with Crippen molar-refractivity contribution in [3.05, 3.63) is 47.3 Å². The van der Waals surface area contributed by atoms with Crippen LogP contribution in [-0.4, -0.2) is 36.6 Å². The third kappa shape index (κ3) is 5.65. The van der Waals surface area contributed by atoms with E-state index in [1.807, 2.05) is 6.92 Å². The van der Waals surface area contributed by atoms with Crippen molar-refractivity contribution in [2.75, 3.05) is 17.5 Å². The van der Waals surface area contributed by atoms with Gasteiger partial charge in [-0.25, -0.2) is 8.42 Å². The topological polar surface area (TPSA) is 92.3 Å². The summed E-state index contributed by atoms with van der Waals surface area (Å²) in [5.74, 6) is -0.248. The fourth-order valence-electron chi connectivity index (χ4n) is 1.97. The van der Waals surface area contributed by atoms with Crippen LogP contribution in [0.15, 0.2) is 46.0 Å². The molecule has 9 heteroatoms. The van der Waals surface area contributed by atoms with Crippen LogP contribution in [0.2, 0.25) is 0 Å². The number of nitrogens with one attached hydrogen (secondary N) is 2. The molecule has 0 aliphatic carbocycles. The third-order valence-corrected chi connectivity index (χ3v) is 7.71. The molecule has 0 saturated heterocycles. The zero-order chi connectivity index (χ0) is 18.4. The molecular formula is C16H20N2O4S3. The summed E-state index contributed by atoms with van der Waals surface area (Å²) in [6.07, 6.45) is 2.27. The van der Waals surface area contributed by atoms with Crippen molar-refractivity contribution in [1.29, 1.82) is 0 Å². The number of rotatable bonds is 8. The predicted molar refractivity (Wildman–Crippen MR) is 102 cm³/mol. The van der Waals surface area contributed by atoms with E-state index in [2.05, 4.69) is 10.0 Å². The number of thiophene rings is 1. The van der Waals surface area contributed by atoms with E-state index < -0.39 is 20.8 Å². The molecule has 1 aromatic heterocycles. The van der Waals surface area contributed by atoms with E-state index in [4.69, 9.17) is 0 Å². The maximum absolute atomic E-state index is 12.1. The highest BCUT2D eigenvalue weighted by molar-refractivity contribution is 7.94. The minimum atomic E-state index is -3.60. The summed E-state index contributed by atoms with van der Waals surface area (Å²) in [5, 5.41) is 4.48. The lowest BCUT2D eigenvalue weighted by atomic mass is 10.2. The molecule has 6 nitrogen and oxygen atoms in total. The van der Waals surface area contributed by atoms with E-state index in [0.717, 1.165) is 11.3 Å². The van der Waals surface area contributed by atoms with Gasteiger partial charge >= 0.3 is 0 Å². The quantitative estimate of drug-likeness (QED) is 0.712. The highest BCUT2D eigenvalue weighted by Gasteiger charge is 2.15. The smallest absolute Gasteiger partial charge is 0.271 e. The lowest BCUT2D eigenvalue weighted by Crippen LogP contribution is -2.27. The monoisotopic (exact) mass is 400 g/mol. The minimum absolute atomic E-state index is 0.0225. The Morgan fingerprint density at radius 1 is 1.24 bits per heavy atom. The highest BCUT2D eigenvalue weighted by Crippen LogP contribution is 2.20. The predicted octanol–water partition coefficient (Wildman–Crippen LogP) is 2.44. The van der Waals surface area contributed by atoms with Crippen LogP contribution >= 0.6 is 11.3 Å². The Bertz CT molecular complexity index is 831. The second kappa shape index (κ2) is 8.59. The molecule has 1 heterocycles. The largest absolute Gasteiger partial charge is 0.352 e. The molecule has 0 saturated carbocycles. The summed E-state index contributed by atoms with van der Waals surface area (Å²) in [5.41, 5.74) is 0.823. The van der Waals surface area contributed by atoms with E-state index in [-0.39, 0.29) is 15.4 Å². The molecule has 2 unspecified atom stereocenters. The molecule has 1 amide bonds.